The minimum absolute atomic E-state index is 0.253. The van der Waals surface area contributed by atoms with Crippen LogP contribution in [0.3, 0.4) is 0 Å². The van der Waals surface area contributed by atoms with E-state index in [1.165, 1.54) is 15.9 Å². The van der Waals surface area contributed by atoms with Gasteiger partial charge in [0.1, 0.15) is 4.83 Å². The van der Waals surface area contributed by atoms with E-state index < -0.39 is 5.76 Å². The first-order valence-corrected chi connectivity index (χ1v) is 13.0. The highest BCUT2D eigenvalue weighted by molar-refractivity contribution is 7.16. The summed E-state index contributed by atoms with van der Waals surface area (Å²) in [7, 11) is 0. The van der Waals surface area contributed by atoms with Crippen LogP contribution in [0.1, 0.15) is 11.1 Å². The van der Waals surface area contributed by atoms with Crippen LogP contribution in [0.5, 0.6) is 0 Å². The molecule has 188 valence electrons. The number of hydrogen-bond acceptors (Lipinski definition) is 6. The smallest absolute Gasteiger partial charge is 0.296 e. The Balaban J connectivity index is 1.33. The lowest BCUT2D eigenvalue weighted by Crippen LogP contribution is -2.40. The molecule has 0 amide bonds. The number of nitrogens with one attached hydrogen (secondary N) is 1. The topological polar surface area (TPSA) is 103 Å². The van der Waals surface area contributed by atoms with Gasteiger partial charge in [-0.25, -0.2) is 9.59 Å². The van der Waals surface area contributed by atoms with E-state index in [0.717, 1.165) is 27.8 Å². The van der Waals surface area contributed by atoms with Crippen molar-refractivity contribution in [3.8, 4) is 22.5 Å². The van der Waals surface area contributed by atoms with Crippen molar-refractivity contribution < 1.29 is 4.52 Å². The molecule has 3 heterocycles. The summed E-state index contributed by atoms with van der Waals surface area (Å²) < 4.78 is 7.69. The molecule has 9 heteroatoms. The fraction of sp³-hybridized carbons (Fsp3) is 0.103. The number of aromatic amines is 1. The second kappa shape index (κ2) is 9.95. The molecule has 0 bridgehead atoms. The molecule has 0 aliphatic heterocycles. The predicted molar refractivity (Wildman–Crippen MR) is 148 cm³/mol. The van der Waals surface area contributed by atoms with Crippen molar-refractivity contribution in [2.24, 2.45) is 0 Å². The van der Waals surface area contributed by atoms with E-state index in [0.29, 0.717) is 35.6 Å². The number of thiophene rings is 1. The number of benzene rings is 3. The Morgan fingerprint density at radius 2 is 1.53 bits per heavy atom. The van der Waals surface area contributed by atoms with Gasteiger partial charge in [0.05, 0.1) is 11.9 Å². The molecule has 6 rings (SSSR count). The Bertz CT molecular complexity index is 1910. The molecule has 38 heavy (non-hydrogen) atoms. The van der Waals surface area contributed by atoms with Crippen LogP contribution in [0.2, 0.25) is 0 Å². The number of aryl methyl sites for hydroxylation is 1. The fourth-order valence-corrected chi connectivity index (χ4v) is 5.50. The monoisotopic (exact) mass is 522 g/mol. The highest BCUT2D eigenvalue weighted by Crippen LogP contribution is 2.30. The Labute approximate surface area is 220 Å². The fourth-order valence-electron chi connectivity index (χ4n) is 4.62. The summed E-state index contributed by atoms with van der Waals surface area (Å²) >= 11 is 1.39. The molecule has 6 aromatic rings. The van der Waals surface area contributed by atoms with E-state index in [1.54, 1.807) is 10.6 Å². The van der Waals surface area contributed by atoms with Gasteiger partial charge < -0.3 is 0 Å². The molecule has 0 spiro atoms. The van der Waals surface area contributed by atoms with Crippen LogP contribution < -0.4 is 17.0 Å². The lowest BCUT2D eigenvalue weighted by atomic mass is 9.98. The summed E-state index contributed by atoms with van der Waals surface area (Å²) in [4.78, 5) is 41.3. The molecule has 0 saturated heterocycles. The van der Waals surface area contributed by atoms with Crippen LogP contribution in [0.25, 0.3) is 32.7 Å². The molecule has 1 N–H and O–H groups in total. The molecule has 0 saturated carbocycles. The average Bonchev–Trinajstić information content (AvgIpc) is 3.62. The van der Waals surface area contributed by atoms with Crippen molar-refractivity contribution in [3.63, 3.8) is 0 Å². The van der Waals surface area contributed by atoms with Crippen molar-refractivity contribution in [2.45, 2.75) is 19.5 Å². The van der Waals surface area contributed by atoms with Gasteiger partial charge in [0.25, 0.3) is 5.56 Å². The van der Waals surface area contributed by atoms with Crippen LogP contribution in [-0.4, -0.2) is 19.3 Å². The Morgan fingerprint density at radius 3 is 2.26 bits per heavy atom. The maximum atomic E-state index is 13.5. The van der Waals surface area contributed by atoms with Crippen molar-refractivity contribution >= 4 is 21.6 Å². The van der Waals surface area contributed by atoms with Crippen molar-refractivity contribution in [1.29, 1.82) is 0 Å². The minimum Gasteiger partial charge on any atom is -0.296 e. The van der Waals surface area contributed by atoms with Gasteiger partial charge in [-0.1, -0.05) is 84.0 Å². The molecule has 0 atom stereocenters. The number of H-pyrrole nitrogens is 1. The quantitative estimate of drug-likeness (QED) is 0.332. The van der Waals surface area contributed by atoms with Gasteiger partial charge in [-0.2, -0.15) is 0 Å². The maximum Gasteiger partial charge on any atom is 0.439 e. The average molecular weight is 523 g/mol. The van der Waals surface area contributed by atoms with Gasteiger partial charge in [-0.05, 0) is 40.1 Å². The highest BCUT2D eigenvalue weighted by Gasteiger charge is 2.15. The van der Waals surface area contributed by atoms with Gasteiger partial charge >= 0.3 is 11.4 Å². The summed E-state index contributed by atoms with van der Waals surface area (Å²) in [6.07, 6.45) is 0.594. The zero-order valence-electron chi connectivity index (χ0n) is 20.2. The second-order valence-corrected chi connectivity index (χ2v) is 9.78. The number of rotatable bonds is 7. The first-order valence-electron chi connectivity index (χ1n) is 12.1. The van der Waals surface area contributed by atoms with Crippen molar-refractivity contribution in [2.75, 3.05) is 0 Å². The second-order valence-electron chi connectivity index (χ2n) is 8.89. The Morgan fingerprint density at radius 1 is 0.789 bits per heavy atom. The number of aromatic nitrogens is 4. The standard InChI is InChI=1S/C29H22N4O4S/c34-26-24-15-17-38-27(24)33(29(36)32(26)16-14-19-6-2-1-3-7-19)18-20-10-12-21(13-11-20)22-8-4-5-9-23(22)25-30-28(35)37-31-25/h1-13,15,17H,14,16,18H2,(H,30,31,35). The van der Waals surface area contributed by atoms with E-state index in [9.17, 15) is 14.4 Å². The molecule has 0 unspecified atom stereocenters. The summed E-state index contributed by atoms with van der Waals surface area (Å²) in [5, 5.41) is 6.22. The SMILES string of the molecule is O=c1[nH]c(-c2ccccc2-c2ccc(Cn3c(=O)n(CCc4ccccc4)c(=O)c4ccsc43)cc2)no1. The van der Waals surface area contributed by atoms with E-state index in [1.807, 2.05) is 84.2 Å². The van der Waals surface area contributed by atoms with Gasteiger partial charge in [0, 0.05) is 12.1 Å². The van der Waals surface area contributed by atoms with Gasteiger partial charge in [0.2, 0.25) is 0 Å². The third-order valence-electron chi connectivity index (χ3n) is 6.52. The third-order valence-corrected chi connectivity index (χ3v) is 7.46. The van der Waals surface area contributed by atoms with Crippen LogP contribution in [0.15, 0.2) is 109 Å². The molecule has 3 aromatic heterocycles. The van der Waals surface area contributed by atoms with E-state index in [-0.39, 0.29) is 11.2 Å². The molecule has 0 fully saturated rings. The van der Waals surface area contributed by atoms with Crippen LogP contribution in [-0.2, 0) is 19.5 Å². The minimum atomic E-state index is -0.611. The molecule has 8 nitrogen and oxygen atoms in total. The predicted octanol–water partition coefficient (Wildman–Crippen LogP) is 4.53. The van der Waals surface area contributed by atoms with E-state index in [2.05, 4.69) is 14.7 Å². The van der Waals surface area contributed by atoms with E-state index >= 15 is 0 Å². The first kappa shape index (κ1) is 23.6. The van der Waals surface area contributed by atoms with Crippen LogP contribution in [0, 0.1) is 0 Å². The van der Waals surface area contributed by atoms with Crippen LogP contribution in [0.4, 0.5) is 0 Å². The Kier molecular flexibility index (Phi) is 6.19. The van der Waals surface area contributed by atoms with Crippen molar-refractivity contribution in [1.82, 2.24) is 19.3 Å². The molecule has 3 aromatic carbocycles. The lowest BCUT2D eigenvalue weighted by Gasteiger charge is -2.13. The molecular formula is C29H22N4O4S. The normalized spacial score (nSPS) is 11.3. The zero-order chi connectivity index (χ0) is 26.1. The first-order chi connectivity index (χ1) is 18.6. The lowest BCUT2D eigenvalue weighted by molar-refractivity contribution is 0.388. The molecule has 0 radical (unpaired) electrons. The summed E-state index contributed by atoms with van der Waals surface area (Å²) in [6.45, 7) is 0.646. The number of fused-ring (bicyclic) bond motifs is 1. The van der Waals surface area contributed by atoms with E-state index in [4.69, 9.17) is 0 Å². The molecule has 0 aliphatic rings. The van der Waals surface area contributed by atoms with Gasteiger partial charge in [-0.15, -0.1) is 11.3 Å². The number of nitrogens with zero attached hydrogens (tertiary/aromatic N) is 3. The van der Waals surface area contributed by atoms with Crippen LogP contribution >= 0.6 is 11.3 Å². The van der Waals surface area contributed by atoms with Gasteiger partial charge in [0.15, 0.2) is 5.82 Å². The zero-order valence-corrected chi connectivity index (χ0v) is 21.0. The maximum absolute atomic E-state index is 13.5. The Hall–Kier alpha value is -4.76. The molecule has 0 aliphatic carbocycles. The summed E-state index contributed by atoms with van der Waals surface area (Å²) in [5.41, 5.74) is 3.98. The summed E-state index contributed by atoms with van der Waals surface area (Å²) in [6, 6.07) is 27.1. The van der Waals surface area contributed by atoms with Crippen molar-refractivity contribution in [3.05, 3.63) is 133 Å². The largest absolute Gasteiger partial charge is 0.439 e. The molecular weight excluding hydrogens is 500 g/mol. The number of hydrogen-bond donors (Lipinski definition) is 1. The third kappa shape index (κ3) is 4.44. The highest BCUT2D eigenvalue weighted by atomic mass is 32.1. The summed E-state index contributed by atoms with van der Waals surface area (Å²) in [5.74, 6) is -0.250. The van der Waals surface area contributed by atoms with Gasteiger partial charge in [-0.3, -0.25) is 23.4 Å².